The fourth-order valence-corrected chi connectivity index (χ4v) is 3.31. The second-order valence-electron chi connectivity index (χ2n) is 4.93. The average molecular weight is 181 g/mol. The van der Waals surface area contributed by atoms with Gasteiger partial charge < -0.3 is 10.1 Å². The summed E-state index contributed by atoms with van der Waals surface area (Å²) in [5.41, 5.74) is 0. The van der Waals surface area contributed by atoms with Gasteiger partial charge >= 0.3 is 0 Å². The van der Waals surface area contributed by atoms with Gasteiger partial charge in [0.1, 0.15) is 0 Å². The van der Waals surface area contributed by atoms with Gasteiger partial charge in [0.15, 0.2) is 0 Å². The first-order valence-electron chi connectivity index (χ1n) is 5.71. The van der Waals surface area contributed by atoms with E-state index in [-0.39, 0.29) is 0 Å². The van der Waals surface area contributed by atoms with Crippen molar-refractivity contribution in [2.75, 3.05) is 7.05 Å². The average Bonchev–Trinajstić information content (AvgIpc) is 2.77. The van der Waals surface area contributed by atoms with E-state index in [9.17, 15) is 0 Å². The molecule has 4 atom stereocenters. The van der Waals surface area contributed by atoms with Gasteiger partial charge in [-0.3, -0.25) is 0 Å². The lowest BCUT2D eigenvalue weighted by atomic mass is 9.82. The Balaban J connectivity index is 1.69. The molecule has 3 aliphatic rings. The Morgan fingerprint density at radius 2 is 2.08 bits per heavy atom. The van der Waals surface area contributed by atoms with Crippen LogP contribution in [0, 0.1) is 11.8 Å². The fraction of sp³-hybridized carbons (Fsp3) is 1.00. The third-order valence-electron chi connectivity index (χ3n) is 4.08. The van der Waals surface area contributed by atoms with Gasteiger partial charge in [-0.05, 0) is 45.1 Å². The summed E-state index contributed by atoms with van der Waals surface area (Å²) in [7, 11) is 2.12. The van der Waals surface area contributed by atoms with Crippen LogP contribution in [0.4, 0.5) is 0 Å². The summed E-state index contributed by atoms with van der Waals surface area (Å²) in [6.07, 6.45) is 8.07. The fourth-order valence-electron chi connectivity index (χ4n) is 3.31. The predicted molar refractivity (Wildman–Crippen MR) is 51.6 cm³/mol. The SMILES string of the molecule is CNC(C1CC1)C1CC2CCC1O2. The van der Waals surface area contributed by atoms with Crippen LogP contribution in [0.25, 0.3) is 0 Å². The summed E-state index contributed by atoms with van der Waals surface area (Å²) in [4.78, 5) is 0. The molecular formula is C11H19NO. The molecule has 74 valence electrons. The zero-order valence-electron chi connectivity index (χ0n) is 8.33. The van der Waals surface area contributed by atoms with Crippen LogP contribution < -0.4 is 5.32 Å². The molecule has 2 bridgehead atoms. The summed E-state index contributed by atoms with van der Waals surface area (Å²) in [6, 6.07) is 0.760. The van der Waals surface area contributed by atoms with Crippen molar-refractivity contribution in [3.05, 3.63) is 0 Å². The summed E-state index contributed by atoms with van der Waals surface area (Å²) < 4.78 is 5.91. The van der Waals surface area contributed by atoms with Crippen LogP contribution in [-0.4, -0.2) is 25.3 Å². The number of nitrogens with one attached hydrogen (secondary N) is 1. The second kappa shape index (κ2) is 2.96. The van der Waals surface area contributed by atoms with Crippen molar-refractivity contribution in [3.63, 3.8) is 0 Å². The molecule has 2 nitrogen and oxygen atoms in total. The van der Waals surface area contributed by atoms with Gasteiger partial charge in [-0.2, -0.15) is 0 Å². The molecule has 3 fully saturated rings. The first kappa shape index (κ1) is 8.25. The third-order valence-corrected chi connectivity index (χ3v) is 4.08. The van der Waals surface area contributed by atoms with Crippen LogP contribution in [0.15, 0.2) is 0 Å². The molecular weight excluding hydrogens is 162 g/mol. The Bertz CT molecular complexity index is 202. The predicted octanol–water partition coefficient (Wildman–Crippen LogP) is 1.55. The number of rotatable bonds is 3. The number of hydrogen-bond acceptors (Lipinski definition) is 2. The molecule has 13 heavy (non-hydrogen) atoms. The van der Waals surface area contributed by atoms with Crippen molar-refractivity contribution in [2.45, 2.75) is 50.4 Å². The maximum atomic E-state index is 5.91. The molecule has 0 spiro atoms. The Kier molecular flexibility index (Phi) is 1.88. The van der Waals surface area contributed by atoms with Gasteiger partial charge in [-0.25, -0.2) is 0 Å². The maximum absolute atomic E-state index is 5.91. The van der Waals surface area contributed by atoms with E-state index in [1.165, 1.54) is 32.1 Å². The van der Waals surface area contributed by atoms with E-state index in [4.69, 9.17) is 4.74 Å². The highest BCUT2D eigenvalue weighted by atomic mass is 16.5. The Labute approximate surface area is 80.0 Å². The quantitative estimate of drug-likeness (QED) is 0.713. The van der Waals surface area contributed by atoms with E-state index in [1.54, 1.807) is 0 Å². The lowest BCUT2D eigenvalue weighted by Gasteiger charge is -2.28. The molecule has 2 heterocycles. The van der Waals surface area contributed by atoms with Crippen molar-refractivity contribution < 1.29 is 4.74 Å². The standard InChI is InChI=1S/C11H19NO/c1-12-11(7-2-3-7)9-6-8-4-5-10(9)13-8/h7-12H,2-6H2,1H3. The van der Waals surface area contributed by atoms with Crippen molar-refractivity contribution in [3.8, 4) is 0 Å². The highest BCUT2D eigenvalue weighted by molar-refractivity contribution is 4.99. The molecule has 3 rings (SSSR count). The van der Waals surface area contributed by atoms with Crippen LogP contribution in [0.1, 0.15) is 32.1 Å². The first-order chi connectivity index (χ1) is 6.38. The summed E-state index contributed by atoms with van der Waals surface area (Å²) >= 11 is 0. The lowest BCUT2D eigenvalue weighted by Crippen LogP contribution is -2.40. The highest BCUT2D eigenvalue weighted by Crippen LogP contribution is 2.46. The van der Waals surface area contributed by atoms with Gasteiger partial charge in [0.25, 0.3) is 0 Å². The van der Waals surface area contributed by atoms with Gasteiger partial charge in [-0.15, -0.1) is 0 Å². The number of ether oxygens (including phenoxy) is 1. The third kappa shape index (κ3) is 1.31. The number of hydrogen-bond donors (Lipinski definition) is 1. The Morgan fingerprint density at radius 3 is 2.54 bits per heavy atom. The van der Waals surface area contributed by atoms with Gasteiger partial charge in [-0.1, -0.05) is 0 Å². The van der Waals surface area contributed by atoms with E-state index in [2.05, 4.69) is 12.4 Å². The van der Waals surface area contributed by atoms with E-state index in [0.29, 0.717) is 12.2 Å². The Hall–Kier alpha value is -0.0800. The lowest BCUT2D eigenvalue weighted by molar-refractivity contribution is 0.0845. The second-order valence-corrected chi connectivity index (χ2v) is 4.93. The van der Waals surface area contributed by atoms with Gasteiger partial charge in [0.2, 0.25) is 0 Å². The van der Waals surface area contributed by atoms with E-state index in [1.807, 2.05) is 0 Å². The molecule has 1 aliphatic carbocycles. The molecule has 1 N–H and O–H groups in total. The molecule has 0 radical (unpaired) electrons. The summed E-state index contributed by atoms with van der Waals surface area (Å²) in [5.74, 6) is 1.80. The topological polar surface area (TPSA) is 21.3 Å². The normalized spacial score (nSPS) is 45.5. The maximum Gasteiger partial charge on any atom is 0.0623 e. The highest BCUT2D eigenvalue weighted by Gasteiger charge is 2.47. The minimum absolute atomic E-state index is 0.600. The molecule has 4 unspecified atom stereocenters. The molecule has 0 aromatic rings. The van der Waals surface area contributed by atoms with E-state index < -0.39 is 0 Å². The molecule has 2 saturated heterocycles. The monoisotopic (exact) mass is 181 g/mol. The summed E-state index contributed by atoms with van der Waals surface area (Å²) in [6.45, 7) is 0. The molecule has 2 aliphatic heterocycles. The molecule has 1 saturated carbocycles. The summed E-state index contributed by atoms with van der Waals surface area (Å²) in [5, 5.41) is 3.51. The van der Waals surface area contributed by atoms with E-state index in [0.717, 1.165) is 17.9 Å². The van der Waals surface area contributed by atoms with E-state index >= 15 is 0 Å². The minimum atomic E-state index is 0.600. The van der Waals surface area contributed by atoms with Crippen molar-refractivity contribution in [1.82, 2.24) is 5.32 Å². The molecule has 0 aromatic heterocycles. The smallest absolute Gasteiger partial charge is 0.0623 e. The number of fused-ring (bicyclic) bond motifs is 2. The van der Waals surface area contributed by atoms with Crippen LogP contribution in [-0.2, 0) is 4.74 Å². The van der Waals surface area contributed by atoms with Gasteiger partial charge in [0.05, 0.1) is 12.2 Å². The first-order valence-corrected chi connectivity index (χ1v) is 5.71. The van der Waals surface area contributed by atoms with Crippen LogP contribution in [0.5, 0.6) is 0 Å². The van der Waals surface area contributed by atoms with Crippen LogP contribution in [0.2, 0.25) is 0 Å². The molecule has 0 amide bonds. The van der Waals surface area contributed by atoms with Crippen molar-refractivity contribution in [1.29, 1.82) is 0 Å². The molecule has 0 aromatic carbocycles. The van der Waals surface area contributed by atoms with Crippen molar-refractivity contribution >= 4 is 0 Å². The Morgan fingerprint density at radius 1 is 1.23 bits per heavy atom. The molecule has 2 heteroatoms. The largest absolute Gasteiger partial charge is 0.375 e. The zero-order valence-corrected chi connectivity index (χ0v) is 8.33. The van der Waals surface area contributed by atoms with Crippen molar-refractivity contribution in [2.24, 2.45) is 11.8 Å². The van der Waals surface area contributed by atoms with Crippen LogP contribution >= 0.6 is 0 Å². The van der Waals surface area contributed by atoms with Crippen LogP contribution in [0.3, 0.4) is 0 Å². The van der Waals surface area contributed by atoms with Gasteiger partial charge in [0, 0.05) is 12.0 Å². The zero-order chi connectivity index (χ0) is 8.84. The minimum Gasteiger partial charge on any atom is -0.375 e.